The molecule has 0 saturated heterocycles. The molecule has 4 nitrogen and oxygen atoms in total. The number of aliphatic hydroxyl groups excluding tert-OH is 1. The summed E-state index contributed by atoms with van der Waals surface area (Å²) in [6.45, 7) is 0. The molecule has 76 valence electrons. The Morgan fingerprint density at radius 3 is 2.47 bits per heavy atom. The molecule has 0 aromatic carbocycles. The van der Waals surface area contributed by atoms with Crippen molar-refractivity contribution in [3.8, 4) is 0 Å². The van der Waals surface area contributed by atoms with E-state index in [4.69, 9.17) is 0 Å². The van der Waals surface area contributed by atoms with Gasteiger partial charge in [-0.05, 0) is 11.6 Å². The van der Waals surface area contributed by atoms with Crippen LogP contribution in [0.25, 0.3) is 0 Å². The average molecular weight is 203 g/mol. The highest BCUT2D eigenvalue weighted by Crippen LogP contribution is 2.28. The predicted molar refractivity (Wildman–Crippen MR) is 55.7 cm³/mol. The second-order valence-electron chi connectivity index (χ2n) is 3.31. The minimum absolute atomic E-state index is 0.0384. The van der Waals surface area contributed by atoms with Crippen molar-refractivity contribution in [2.24, 2.45) is 0 Å². The molecule has 0 aliphatic heterocycles. The number of fused-ring (bicyclic) bond motifs is 2. The summed E-state index contributed by atoms with van der Waals surface area (Å²) in [7, 11) is 0. The SMILES string of the molecule is O=[N+]([O-])C1=CC=C(O)C2=CC=CC=C1C2. The Kier molecular flexibility index (Phi) is 2.25. The number of nitro groups is 1. The van der Waals surface area contributed by atoms with Crippen LogP contribution in [0, 0.1) is 10.1 Å². The van der Waals surface area contributed by atoms with E-state index in [1.807, 2.05) is 0 Å². The highest BCUT2D eigenvalue weighted by Gasteiger charge is 2.22. The molecule has 2 aliphatic rings. The molecule has 2 bridgehead atoms. The zero-order chi connectivity index (χ0) is 10.8. The molecule has 2 aliphatic carbocycles. The molecule has 0 aromatic heterocycles. The Morgan fingerprint density at radius 2 is 1.80 bits per heavy atom. The quantitative estimate of drug-likeness (QED) is 0.525. The van der Waals surface area contributed by atoms with E-state index in [2.05, 4.69) is 0 Å². The molecule has 0 radical (unpaired) electrons. The van der Waals surface area contributed by atoms with Gasteiger partial charge in [-0.2, -0.15) is 0 Å². The first-order valence-electron chi connectivity index (χ1n) is 4.51. The van der Waals surface area contributed by atoms with Gasteiger partial charge in [0.1, 0.15) is 5.76 Å². The monoisotopic (exact) mass is 203 g/mol. The van der Waals surface area contributed by atoms with E-state index in [1.165, 1.54) is 12.2 Å². The van der Waals surface area contributed by atoms with Gasteiger partial charge in [0.15, 0.2) is 0 Å². The van der Waals surface area contributed by atoms with Gasteiger partial charge >= 0.3 is 0 Å². The Hall–Kier alpha value is -2.10. The summed E-state index contributed by atoms with van der Waals surface area (Å²) in [4.78, 5) is 10.3. The molecule has 0 spiro atoms. The van der Waals surface area contributed by atoms with E-state index >= 15 is 0 Å². The van der Waals surface area contributed by atoms with E-state index in [9.17, 15) is 15.2 Å². The summed E-state index contributed by atoms with van der Waals surface area (Å²) in [5, 5.41) is 20.4. The summed E-state index contributed by atoms with van der Waals surface area (Å²) < 4.78 is 0. The van der Waals surface area contributed by atoms with Crippen LogP contribution in [0.3, 0.4) is 0 Å². The van der Waals surface area contributed by atoms with Crippen molar-refractivity contribution >= 4 is 0 Å². The summed E-state index contributed by atoms with van der Waals surface area (Å²) in [5.41, 5.74) is 1.35. The Bertz CT molecular complexity index is 464. The van der Waals surface area contributed by atoms with E-state index in [1.54, 1.807) is 24.3 Å². The number of hydrogen-bond acceptors (Lipinski definition) is 3. The zero-order valence-electron chi connectivity index (χ0n) is 7.88. The fraction of sp³-hybridized carbons (Fsp3) is 0.0909. The Balaban J connectivity index is 2.54. The summed E-state index contributed by atoms with van der Waals surface area (Å²) in [6, 6.07) is 0. The fourth-order valence-corrected chi connectivity index (χ4v) is 1.57. The second-order valence-corrected chi connectivity index (χ2v) is 3.31. The molecule has 0 heterocycles. The van der Waals surface area contributed by atoms with Crippen molar-refractivity contribution in [2.45, 2.75) is 6.42 Å². The van der Waals surface area contributed by atoms with Crippen molar-refractivity contribution in [2.75, 3.05) is 0 Å². The van der Waals surface area contributed by atoms with Crippen LogP contribution in [0.2, 0.25) is 0 Å². The molecular weight excluding hydrogens is 194 g/mol. The number of nitrogens with zero attached hydrogens (tertiary/aromatic N) is 1. The number of hydrogen-bond donors (Lipinski definition) is 1. The van der Waals surface area contributed by atoms with Crippen LogP contribution < -0.4 is 0 Å². The highest BCUT2D eigenvalue weighted by molar-refractivity contribution is 5.47. The van der Waals surface area contributed by atoms with Crippen LogP contribution in [0.5, 0.6) is 0 Å². The minimum Gasteiger partial charge on any atom is -0.508 e. The molecule has 4 heteroatoms. The van der Waals surface area contributed by atoms with Gasteiger partial charge < -0.3 is 5.11 Å². The third-order valence-corrected chi connectivity index (χ3v) is 2.34. The van der Waals surface area contributed by atoms with E-state index in [0.717, 1.165) is 0 Å². The van der Waals surface area contributed by atoms with E-state index in [-0.39, 0.29) is 11.5 Å². The first kappa shape index (κ1) is 9.45. The molecule has 1 N–H and O–H groups in total. The van der Waals surface area contributed by atoms with Crippen molar-refractivity contribution in [3.05, 3.63) is 69.2 Å². The summed E-state index contributed by atoms with van der Waals surface area (Å²) >= 11 is 0. The van der Waals surface area contributed by atoms with Crippen LogP contribution in [0.4, 0.5) is 0 Å². The fourth-order valence-electron chi connectivity index (χ4n) is 1.57. The minimum atomic E-state index is -0.433. The molecule has 0 atom stereocenters. The van der Waals surface area contributed by atoms with Gasteiger partial charge in [0.25, 0.3) is 5.70 Å². The van der Waals surface area contributed by atoms with Crippen LogP contribution in [0.15, 0.2) is 59.1 Å². The molecule has 15 heavy (non-hydrogen) atoms. The third kappa shape index (κ3) is 1.74. The molecule has 0 unspecified atom stereocenters. The van der Waals surface area contributed by atoms with E-state index in [0.29, 0.717) is 17.6 Å². The second kappa shape index (κ2) is 3.57. The maximum absolute atomic E-state index is 10.8. The molecule has 0 amide bonds. The lowest BCUT2D eigenvalue weighted by Crippen LogP contribution is -2.01. The van der Waals surface area contributed by atoms with Gasteiger partial charge in [0.2, 0.25) is 0 Å². The Labute approximate surface area is 86.4 Å². The predicted octanol–water partition coefficient (Wildman–Crippen LogP) is 2.42. The smallest absolute Gasteiger partial charge is 0.273 e. The maximum Gasteiger partial charge on any atom is 0.273 e. The molecule has 0 aromatic rings. The van der Waals surface area contributed by atoms with Crippen LogP contribution in [-0.2, 0) is 0 Å². The molecular formula is C11H9NO3. The van der Waals surface area contributed by atoms with Crippen LogP contribution >= 0.6 is 0 Å². The van der Waals surface area contributed by atoms with Gasteiger partial charge in [-0.25, -0.2) is 0 Å². The topological polar surface area (TPSA) is 63.4 Å². The summed E-state index contributed by atoms with van der Waals surface area (Å²) in [5.74, 6) is 0.0873. The molecule has 0 fully saturated rings. The molecule has 0 saturated carbocycles. The van der Waals surface area contributed by atoms with Gasteiger partial charge in [-0.1, -0.05) is 24.3 Å². The maximum atomic E-state index is 10.8. The van der Waals surface area contributed by atoms with Crippen LogP contribution in [0.1, 0.15) is 6.42 Å². The normalized spacial score (nSPS) is 19.2. The third-order valence-electron chi connectivity index (χ3n) is 2.34. The first-order chi connectivity index (χ1) is 7.18. The van der Waals surface area contributed by atoms with Crippen molar-refractivity contribution in [1.82, 2.24) is 0 Å². The lowest BCUT2D eigenvalue weighted by atomic mass is 10.0. The first-order valence-corrected chi connectivity index (χ1v) is 4.51. The van der Waals surface area contributed by atoms with Crippen molar-refractivity contribution in [3.63, 3.8) is 0 Å². The van der Waals surface area contributed by atoms with Crippen LogP contribution in [-0.4, -0.2) is 10.0 Å². The van der Waals surface area contributed by atoms with Gasteiger partial charge in [0.05, 0.1) is 4.92 Å². The zero-order valence-corrected chi connectivity index (χ0v) is 7.88. The standard InChI is InChI=1S/C11H9NO3/c13-11-6-5-10(12(14)15)8-3-1-2-4-9(11)7-8/h1-6,13H,7H2. The van der Waals surface area contributed by atoms with E-state index < -0.39 is 4.92 Å². The molecule has 2 rings (SSSR count). The number of allylic oxidation sites excluding steroid dienone is 8. The Morgan fingerprint density at radius 1 is 1.13 bits per heavy atom. The lowest BCUT2D eigenvalue weighted by molar-refractivity contribution is -0.420. The lowest BCUT2D eigenvalue weighted by Gasteiger charge is -2.03. The number of rotatable bonds is 1. The van der Waals surface area contributed by atoms with Gasteiger partial charge in [-0.3, -0.25) is 10.1 Å². The number of aliphatic hydroxyl groups is 1. The van der Waals surface area contributed by atoms with Gasteiger partial charge in [-0.15, -0.1) is 0 Å². The highest BCUT2D eigenvalue weighted by atomic mass is 16.6. The largest absolute Gasteiger partial charge is 0.508 e. The van der Waals surface area contributed by atoms with Gasteiger partial charge in [0, 0.05) is 18.1 Å². The van der Waals surface area contributed by atoms with Crippen molar-refractivity contribution < 1.29 is 10.0 Å². The summed E-state index contributed by atoms with van der Waals surface area (Å²) in [6.07, 6.45) is 10.0. The van der Waals surface area contributed by atoms with Crippen molar-refractivity contribution in [1.29, 1.82) is 0 Å². The average Bonchev–Trinajstić information content (AvgIpc) is 2.50.